The van der Waals surface area contributed by atoms with Crippen molar-refractivity contribution in [3.8, 4) is 11.5 Å². The smallest absolute Gasteiger partial charge is 0.255 e. The lowest BCUT2D eigenvalue weighted by atomic mass is 10.1. The van der Waals surface area contributed by atoms with E-state index in [0.29, 0.717) is 23.6 Å². The number of carbonyl (C=O) groups is 1. The number of nitrogens with one attached hydrogen (secondary N) is 1. The van der Waals surface area contributed by atoms with Gasteiger partial charge < -0.3 is 14.8 Å². The molecule has 0 bridgehead atoms. The Kier molecular flexibility index (Phi) is 4.81. The number of hydrogen-bond acceptors (Lipinski definition) is 4. The zero-order valence-electron chi connectivity index (χ0n) is 12.4. The third-order valence-electron chi connectivity index (χ3n) is 3.05. The number of benzene rings is 1. The van der Waals surface area contributed by atoms with Crippen molar-refractivity contribution < 1.29 is 14.3 Å². The number of nitrogens with zero attached hydrogens (tertiary/aromatic N) is 2. The van der Waals surface area contributed by atoms with Crippen molar-refractivity contribution in [1.82, 2.24) is 15.1 Å². The zero-order chi connectivity index (χ0) is 15.2. The maximum Gasteiger partial charge on any atom is 0.255 e. The minimum Gasteiger partial charge on any atom is -0.493 e. The maximum atomic E-state index is 12.4. The van der Waals surface area contributed by atoms with Crippen LogP contribution in [0.5, 0.6) is 11.5 Å². The van der Waals surface area contributed by atoms with Crippen LogP contribution in [0.1, 0.15) is 17.3 Å². The standard InChI is InChI=1S/C15H19N3O3/c1-11(10-18-9-5-8-16-18)17-15(19)12-6-4-7-13(20-2)14(12)21-3/h4-9,11H,10H2,1-3H3,(H,17,19)/t11-/m1/s1. The average Bonchev–Trinajstić information content (AvgIpc) is 2.98. The molecule has 21 heavy (non-hydrogen) atoms. The molecule has 0 aliphatic rings. The van der Waals surface area contributed by atoms with E-state index >= 15 is 0 Å². The maximum absolute atomic E-state index is 12.4. The summed E-state index contributed by atoms with van der Waals surface area (Å²) in [5.41, 5.74) is 0.448. The van der Waals surface area contributed by atoms with Gasteiger partial charge in [-0.15, -0.1) is 0 Å². The second-order valence-corrected chi connectivity index (χ2v) is 4.64. The van der Waals surface area contributed by atoms with Gasteiger partial charge in [0, 0.05) is 18.4 Å². The van der Waals surface area contributed by atoms with Crippen LogP contribution in [-0.2, 0) is 6.54 Å². The van der Waals surface area contributed by atoms with Gasteiger partial charge in [0.2, 0.25) is 0 Å². The fourth-order valence-electron chi connectivity index (χ4n) is 2.10. The third kappa shape index (κ3) is 3.53. The van der Waals surface area contributed by atoms with Crippen LogP contribution >= 0.6 is 0 Å². The number of aromatic nitrogens is 2. The molecule has 0 aliphatic carbocycles. The van der Waals surface area contributed by atoms with E-state index in [9.17, 15) is 4.79 Å². The molecule has 1 aromatic heterocycles. The normalized spacial score (nSPS) is 11.8. The summed E-state index contributed by atoms with van der Waals surface area (Å²) in [7, 11) is 3.06. The number of methoxy groups -OCH3 is 2. The highest BCUT2D eigenvalue weighted by atomic mass is 16.5. The molecule has 6 heteroatoms. The van der Waals surface area contributed by atoms with Gasteiger partial charge in [-0.2, -0.15) is 5.10 Å². The highest BCUT2D eigenvalue weighted by Crippen LogP contribution is 2.30. The molecule has 1 heterocycles. The van der Waals surface area contributed by atoms with Gasteiger partial charge in [0.1, 0.15) is 0 Å². The van der Waals surface area contributed by atoms with E-state index in [1.54, 1.807) is 36.2 Å². The van der Waals surface area contributed by atoms with E-state index in [1.807, 2.05) is 19.2 Å². The quantitative estimate of drug-likeness (QED) is 0.879. The third-order valence-corrected chi connectivity index (χ3v) is 3.05. The molecule has 0 radical (unpaired) electrons. The van der Waals surface area contributed by atoms with Crippen LogP contribution in [0.15, 0.2) is 36.7 Å². The minimum absolute atomic E-state index is 0.0618. The second kappa shape index (κ2) is 6.78. The van der Waals surface area contributed by atoms with Crippen LogP contribution in [-0.4, -0.2) is 35.9 Å². The lowest BCUT2D eigenvalue weighted by molar-refractivity contribution is 0.0932. The summed E-state index contributed by atoms with van der Waals surface area (Å²) < 4.78 is 12.2. The van der Waals surface area contributed by atoms with E-state index in [0.717, 1.165) is 0 Å². The lowest BCUT2D eigenvalue weighted by Crippen LogP contribution is -2.36. The first-order valence-electron chi connectivity index (χ1n) is 6.65. The van der Waals surface area contributed by atoms with Crippen molar-refractivity contribution in [1.29, 1.82) is 0 Å². The molecule has 0 spiro atoms. The molecule has 2 aromatic rings. The Morgan fingerprint density at radius 2 is 2.14 bits per heavy atom. The van der Waals surface area contributed by atoms with Gasteiger partial charge in [-0.1, -0.05) is 6.07 Å². The molecule has 1 amide bonds. The molecule has 0 saturated heterocycles. The Morgan fingerprint density at radius 1 is 1.33 bits per heavy atom. The van der Waals surface area contributed by atoms with Crippen molar-refractivity contribution in [2.75, 3.05) is 14.2 Å². The molecule has 0 unspecified atom stereocenters. The number of para-hydroxylation sites is 1. The summed E-state index contributed by atoms with van der Waals surface area (Å²) in [6.07, 6.45) is 3.56. The van der Waals surface area contributed by atoms with Gasteiger partial charge in [-0.25, -0.2) is 0 Å². The van der Waals surface area contributed by atoms with Crippen LogP contribution in [0.25, 0.3) is 0 Å². The Bertz CT molecular complexity index is 596. The first kappa shape index (κ1) is 14.9. The van der Waals surface area contributed by atoms with Gasteiger partial charge in [0.25, 0.3) is 5.91 Å². The van der Waals surface area contributed by atoms with Gasteiger partial charge in [0.05, 0.1) is 26.3 Å². The van der Waals surface area contributed by atoms with Crippen molar-refractivity contribution in [2.45, 2.75) is 19.5 Å². The fourth-order valence-corrected chi connectivity index (χ4v) is 2.10. The molecule has 0 aliphatic heterocycles. The molecular weight excluding hydrogens is 270 g/mol. The summed E-state index contributed by atoms with van der Waals surface area (Å²) in [6.45, 7) is 2.53. The van der Waals surface area contributed by atoms with E-state index in [1.165, 1.54) is 7.11 Å². The molecule has 112 valence electrons. The molecule has 6 nitrogen and oxygen atoms in total. The summed E-state index contributed by atoms with van der Waals surface area (Å²) in [5.74, 6) is 0.763. The van der Waals surface area contributed by atoms with E-state index in [-0.39, 0.29) is 11.9 Å². The van der Waals surface area contributed by atoms with Crippen molar-refractivity contribution >= 4 is 5.91 Å². The van der Waals surface area contributed by atoms with Gasteiger partial charge in [-0.3, -0.25) is 9.48 Å². The van der Waals surface area contributed by atoms with Crippen LogP contribution in [0.3, 0.4) is 0 Å². The Balaban J connectivity index is 2.09. The topological polar surface area (TPSA) is 65.4 Å². The highest BCUT2D eigenvalue weighted by molar-refractivity contribution is 5.97. The molecule has 1 aromatic carbocycles. The molecular formula is C15H19N3O3. The number of rotatable bonds is 6. The van der Waals surface area contributed by atoms with E-state index in [4.69, 9.17) is 9.47 Å². The SMILES string of the molecule is COc1cccc(C(=O)N[C@H](C)Cn2cccn2)c1OC. The zero-order valence-corrected chi connectivity index (χ0v) is 12.4. The van der Waals surface area contributed by atoms with Crippen LogP contribution in [0.4, 0.5) is 0 Å². The van der Waals surface area contributed by atoms with Gasteiger partial charge >= 0.3 is 0 Å². The molecule has 1 atom stereocenters. The van der Waals surface area contributed by atoms with Crippen molar-refractivity contribution in [2.24, 2.45) is 0 Å². The van der Waals surface area contributed by atoms with E-state index in [2.05, 4.69) is 10.4 Å². The highest BCUT2D eigenvalue weighted by Gasteiger charge is 2.18. The number of amides is 1. The largest absolute Gasteiger partial charge is 0.493 e. The van der Waals surface area contributed by atoms with Crippen molar-refractivity contribution in [3.05, 3.63) is 42.2 Å². The second-order valence-electron chi connectivity index (χ2n) is 4.64. The monoisotopic (exact) mass is 289 g/mol. The van der Waals surface area contributed by atoms with Gasteiger partial charge in [0.15, 0.2) is 11.5 Å². The summed E-state index contributed by atoms with van der Waals surface area (Å²) >= 11 is 0. The van der Waals surface area contributed by atoms with Gasteiger partial charge in [-0.05, 0) is 25.1 Å². The summed E-state index contributed by atoms with van der Waals surface area (Å²) in [4.78, 5) is 12.4. The van der Waals surface area contributed by atoms with E-state index < -0.39 is 0 Å². The van der Waals surface area contributed by atoms with Crippen LogP contribution in [0, 0.1) is 0 Å². The number of hydrogen-bond donors (Lipinski definition) is 1. The fraction of sp³-hybridized carbons (Fsp3) is 0.333. The number of carbonyl (C=O) groups excluding carboxylic acids is 1. The van der Waals surface area contributed by atoms with Crippen LogP contribution < -0.4 is 14.8 Å². The first-order valence-corrected chi connectivity index (χ1v) is 6.65. The minimum atomic E-state index is -0.203. The molecule has 1 N–H and O–H groups in total. The Labute approximate surface area is 123 Å². The summed E-state index contributed by atoms with van der Waals surface area (Å²) in [5, 5.41) is 7.04. The van der Waals surface area contributed by atoms with Crippen molar-refractivity contribution in [3.63, 3.8) is 0 Å². The average molecular weight is 289 g/mol. The number of ether oxygens (including phenoxy) is 2. The Hall–Kier alpha value is -2.50. The molecule has 2 rings (SSSR count). The Morgan fingerprint density at radius 3 is 2.76 bits per heavy atom. The molecule has 0 saturated carbocycles. The first-order chi connectivity index (χ1) is 10.2. The summed E-state index contributed by atoms with van der Waals surface area (Å²) in [6, 6.07) is 7.00. The van der Waals surface area contributed by atoms with Crippen LogP contribution in [0.2, 0.25) is 0 Å². The predicted octanol–water partition coefficient (Wildman–Crippen LogP) is 1.72. The predicted molar refractivity (Wildman–Crippen MR) is 78.7 cm³/mol. The molecule has 0 fully saturated rings. The lowest BCUT2D eigenvalue weighted by Gasteiger charge is -2.16.